The predicted molar refractivity (Wildman–Crippen MR) is 106 cm³/mol. The fourth-order valence-corrected chi connectivity index (χ4v) is 3.32. The van der Waals surface area contributed by atoms with E-state index >= 15 is 0 Å². The van der Waals surface area contributed by atoms with Gasteiger partial charge in [0, 0.05) is 25.1 Å². The first-order valence-corrected chi connectivity index (χ1v) is 9.27. The maximum absolute atomic E-state index is 13.1. The molecule has 0 saturated heterocycles. The third-order valence-electron chi connectivity index (χ3n) is 4.84. The zero-order valence-corrected chi connectivity index (χ0v) is 15.4. The van der Waals surface area contributed by atoms with Crippen molar-refractivity contribution in [2.45, 2.75) is 19.5 Å². The normalized spacial score (nSPS) is 13.5. The smallest absolute Gasteiger partial charge is 0.258 e. The maximum atomic E-state index is 13.1. The van der Waals surface area contributed by atoms with Gasteiger partial charge in [0.15, 0.2) is 0 Å². The van der Waals surface area contributed by atoms with Crippen LogP contribution in [0.2, 0.25) is 0 Å². The number of hydrogen-bond acceptors (Lipinski definition) is 3. The topological polar surface area (TPSA) is 38.1 Å². The molecule has 140 valence electrons. The summed E-state index contributed by atoms with van der Waals surface area (Å²) in [7, 11) is 0. The molecule has 1 aliphatic rings. The lowest BCUT2D eigenvalue weighted by molar-refractivity contribution is 0.280. The van der Waals surface area contributed by atoms with E-state index in [-0.39, 0.29) is 11.4 Å². The molecule has 0 unspecified atom stereocenters. The molecule has 4 rings (SSSR count). The van der Waals surface area contributed by atoms with E-state index in [0.717, 1.165) is 35.3 Å². The number of benzene rings is 2. The largest absolute Gasteiger partial charge is 0.294 e. The first-order valence-electron chi connectivity index (χ1n) is 9.27. The molecule has 0 saturated carbocycles. The molecule has 1 aromatic heterocycles. The van der Waals surface area contributed by atoms with E-state index in [1.807, 2.05) is 30.3 Å². The summed E-state index contributed by atoms with van der Waals surface area (Å²) in [5, 5.41) is 0. The molecule has 0 spiro atoms. The van der Waals surface area contributed by atoms with Crippen LogP contribution in [-0.4, -0.2) is 27.5 Å². The Morgan fingerprint density at radius 2 is 1.86 bits per heavy atom. The van der Waals surface area contributed by atoms with Crippen LogP contribution < -0.4 is 5.56 Å². The van der Waals surface area contributed by atoms with Crippen molar-refractivity contribution in [2.24, 2.45) is 0 Å². The van der Waals surface area contributed by atoms with Crippen molar-refractivity contribution < 1.29 is 4.39 Å². The summed E-state index contributed by atoms with van der Waals surface area (Å²) in [6.45, 7) is 2.38. The van der Waals surface area contributed by atoms with Crippen LogP contribution >= 0.6 is 0 Å². The molecular weight excluding hydrogens is 353 g/mol. The molecule has 28 heavy (non-hydrogen) atoms. The molecule has 0 N–H and O–H groups in total. The van der Waals surface area contributed by atoms with E-state index in [4.69, 9.17) is 0 Å². The Bertz CT molecular complexity index is 1080. The van der Waals surface area contributed by atoms with E-state index in [9.17, 15) is 9.18 Å². The average molecular weight is 373 g/mol. The van der Waals surface area contributed by atoms with Crippen LogP contribution in [0, 0.1) is 17.7 Å². The van der Waals surface area contributed by atoms with Crippen LogP contribution in [-0.2, 0) is 19.5 Å². The lowest BCUT2D eigenvalue weighted by atomic mass is 10.1. The summed E-state index contributed by atoms with van der Waals surface area (Å²) >= 11 is 0. The highest BCUT2D eigenvalue weighted by Crippen LogP contribution is 2.13. The van der Waals surface area contributed by atoms with Gasteiger partial charge in [-0.25, -0.2) is 9.37 Å². The molecule has 0 fully saturated rings. The van der Waals surface area contributed by atoms with Crippen molar-refractivity contribution in [3.05, 3.63) is 99.5 Å². The lowest BCUT2D eigenvalue weighted by Gasteiger charge is -2.26. The number of aromatic nitrogens is 2. The minimum Gasteiger partial charge on any atom is -0.294 e. The molecule has 5 heteroatoms. The Morgan fingerprint density at radius 1 is 1.07 bits per heavy atom. The zero-order chi connectivity index (χ0) is 19.3. The van der Waals surface area contributed by atoms with Crippen LogP contribution in [0.1, 0.15) is 22.4 Å². The van der Waals surface area contributed by atoms with Gasteiger partial charge in [-0.2, -0.15) is 0 Å². The Kier molecular flexibility index (Phi) is 5.31. The second-order valence-corrected chi connectivity index (χ2v) is 6.86. The SMILES string of the molecule is O=c1c2c(ncn1Cc1ccc(F)cc1)CCN(CC#Cc1ccccc1)C2. The van der Waals surface area contributed by atoms with Gasteiger partial charge < -0.3 is 0 Å². The number of hydrogen-bond donors (Lipinski definition) is 0. The summed E-state index contributed by atoms with van der Waals surface area (Å²) in [5.74, 6) is 6.07. The predicted octanol–water partition coefficient (Wildman–Crippen LogP) is 2.84. The minimum atomic E-state index is -0.285. The third-order valence-corrected chi connectivity index (χ3v) is 4.84. The van der Waals surface area contributed by atoms with Crippen LogP contribution in [0.25, 0.3) is 0 Å². The van der Waals surface area contributed by atoms with Crippen LogP contribution in [0.3, 0.4) is 0 Å². The second kappa shape index (κ2) is 8.20. The third kappa shape index (κ3) is 4.19. The molecule has 0 amide bonds. The second-order valence-electron chi connectivity index (χ2n) is 6.86. The fraction of sp³-hybridized carbons (Fsp3) is 0.217. The van der Waals surface area contributed by atoms with Crippen molar-refractivity contribution >= 4 is 0 Å². The maximum Gasteiger partial charge on any atom is 0.258 e. The zero-order valence-electron chi connectivity index (χ0n) is 15.4. The van der Waals surface area contributed by atoms with E-state index in [1.165, 1.54) is 12.1 Å². The van der Waals surface area contributed by atoms with Gasteiger partial charge in [0.2, 0.25) is 0 Å². The number of nitrogens with zero attached hydrogens (tertiary/aromatic N) is 3. The molecule has 1 aliphatic heterocycles. The van der Waals surface area contributed by atoms with Gasteiger partial charge in [-0.1, -0.05) is 42.2 Å². The van der Waals surface area contributed by atoms with Crippen LogP contribution in [0.15, 0.2) is 65.7 Å². The summed E-state index contributed by atoms with van der Waals surface area (Å²) in [5.41, 5.74) is 3.43. The monoisotopic (exact) mass is 373 g/mol. The molecule has 0 atom stereocenters. The molecule has 0 radical (unpaired) electrons. The van der Waals surface area contributed by atoms with Gasteiger partial charge in [0.05, 0.1) is 30.7 Å². The van der Waals surface area contributed by atoms with Gasteiger partial charge in [0.1, 0.15) is 5.82 Å². The quantitative estimate of drug-likeness (QED) is 0.663. The minimum absolute atomic E-state index is 0.0324. The van der Waals surface area contributed by atoms with E-state index in [2.05, 4.69) is 21.7 Å². The highest BCUT2D eigenvalue weighted by Gasteiger charge is 2.20. The van der Waals surface area contributed by atoms with E-state index in [0.29, 0.717) is 19.6 Å². The Balaban J connectivity index is 1.49. The molecule has 2 aromatic carbocycles. The first-order chi connectivity index (χ1) is 13.7. The van der Waals surface area contributed by atoms with Gasteiger partial charge in [-0.05, 0) is 29.8 Å². The molecule has 3 aromatic rings. The molecular formula is C23H20FN3O. The van der Waals surface area contributed by atoms with Crippen molar-refractivity contribution in [1.29, 1.82) is 0 Å². The van der Waals surface area contributed by atoms with Gasteiger partial charge in [-0.3, -0.25) is 14.3 Å². The Labute approximate surface area is 163 Å². The highest BCUT2D eigenvalue weighted by molar-refractivity contribution is 5.34. The molecule has 4 nitrogen and oxygen atoms in total. The van der Waals surface area contributed by atoms with Crippen molar-refractivity contribution in [3.8, 4) is 11.8 Å². The van der Waals surface area contributed by atoms with Gasteiger partial charge in [0.25, 0.3) is 5.56 Å². The van der Waals surface area contributed by atoms with E-state index < -0.39 is 0 Å². The van der Waals surface area contributed by atoms with Crippen LogP contribution in [0.4, 0.5) is 4.39 Å². The fourth-order valence-electron chi connectivity index (χ4n) is 3.32. The molecule has 0 aliphatic carbocycles. The summed E-state index contributed by atoms with van der Waals surface area (Å²) < 4.78 is 14.7. The summed E-state index contributed by atoms with van der Waals surface area (Å²) in [4.78, 5) is 19.6. The Morgan fingerprint density at radius 3 is 2.64 bits per heavy atom. The lowest BCUT2D eigenvalue weighted by Crippen LogP contribution is -2.38. The first kappa shape index (κ1) is 18.1. The Hall–Kier alpha value is -3.23. The standard InChI is InChI=1S/C23H20FN3O/c24-20-10-8-19(9-11-20)15-27-17-25-22-12-14-26(16-21(22)23(27)28)13-4-7-18-5-2-1-3-6-18/h1-3,5-6,8-11,17H,12-16H2. The van der Waals surface area contributed by atoms with Crippen molar-refractivity contribution in [3.63, 3.8) is 0 Å². The summed E-state index contributed by atoms with van der Waals surface area (Å²) in [6.07, 6.45) is 2.34. The number of fused-ring (bicyclic) bond motifs is 1. The van der Waals surface area contributed by atoms with Gasteiger partial charge >= 0.3 is 0 Å². The molecule has 2 heterocycles. The summed E-state index contributed by atoms with van der Waals surface area (Å²) in [6, 6.07) is 16.1. The van der Waals surface area contributed by atoms with Gasteiger partial charge in [-0.15, -0.1) is 0 Å². The van der Waals surface area contributed by atoms with Crippen LogP contribution in [0.5, 0.6) is 0 Å². The number of rotatable bonds is 3. The van der Waals surface area contributed by atoms with Crippen molar-refractivity contribution in [2.75, 3.05) is 13.1 Å². The average Bonchev–Trinajstić information content (AvgIpc) is 2.73. The highest BCUT2D eigenvalue weighted by atomic mass is 19.1. The number of halogens is 1. The van der Waals surface area contributed by atoms with E-state index in [1.54, 1.807) is 23.0 Å². The van der Waals surface area contributed by atoms with Crippen molar-refractivity contribution in [1.82, 2.24) is 14.5 Å². The molecule has 0 bridgehead atoms.